The van der Waals surface area contributed by atoms with E-state index in [2.05, 4.69) is 245 Å². The van der Waals surface area contributed by atoms with Crippen LogP contribution in [0.25, 0.3) is 44.5 Å². The summed E-state index contributed by atoms with van der Waals surface area (Å²) < 4.78 is 10.8. The van der Waals surface area contributed by atoms with Crippen molar-refractivity contribution in [1.82, 2.24) is 0 Å². The third-order valence-electron chi connectivity index (χ3n) is 9.48. The van der Waals surface area contributed by atoms with Crippen molar-refractivity contribution in [3.8, 4) is 44.5 Å². The molecule has 306 valence electrons. The first-order chi connectivity index (χ1) is 27.8. The van der Waals surface area contributed by atoms with Gasteiger partial charge in [-0.3, -0.25) is 0 Å². The van der Waals surface area contributed by atoms with Gasteiger partial charge in [-0.2, -0.15) is 35.9 Å². The number of benzene rings is 7. The maximum absolute atomic E-state index is 4.94. The molecule has 0 bridgehead atoms. The van der Waals surface area contributed by atoms with Gasteiger partial charge in [-0.25, -0.2) is 0 Å². The molecular weight excluding hydrogens is 1210 g/mol. The number of ether oxygens (including phenoxy) is 1. The minimum atomic E-state index is 0. The molecule has 0 atom stereocenters. The minimum Gasteiger partial charge on any atom is -1.00 e. The molecule has 8 rings (SSSR count). The molecule has 1 aliphatic rings. The third-order valence-corrected chi connectivity index (χ3v) is 17.4. The van der Waals surface area contributed by atoms with Gasteiger partial charge in [-0.15, -0.1) is 0 Å². The van der Waals surface area contributed by atoms with Crippen LogP contribution >= 0.6 is 95.6 Å². The van der Waals surface area contributed by atoms with Crippen LogP contribution in [0.2, 0.25) is 0 Å². The number of halogens is 7. The van der Waals surface area contributed by atoms with E-state index in [9.17, 15) is 0 Å². The number of aryl methyl sites for hydroxylation is 5. The first-order valence-electron chi connectivity index (χ1n) is 19.0. The van der Waals surface area contributed by atoms with E-state index in [0.29, 0.717) is 0 Å². The molecule has 0 aliphatic carbocycles. The van der Waals surface area contributed by atoms with E-state index in [1.54, 1.807) is 0 Å². The molecule has 1 saturated heterocycles. The Morgan fingerprint density at radius 2 is 0.583 bits per heavy atom. The van der Waals surface area contributed by atoms with E-state index in [1.165, 1.54) is 85.2 Å². The summed E-state index contributed by atoms with van der Waals surface area (Å²) in [5.41, 5.74) is 16.4. The van der Waals surface area contributed by atoms with Gasteiger partial charge in [0.05, 0.1) is 0 Å². The Morgan fingerprint density at radius 1 is 0.367 bits per heavy atom. The molecule has 0 unspecified atom stereocenters. The minimum absolute atomic E-state index is 0. The second kappa shape index (κ2) is 26.4. The largest absolute Gasteiger partial charge is 2.00 e. The van der Waals surface area contributed by atoms with Gasteiger partial charge in [-0.05, 0) is 193 Å². The van der Waals surface area contributed by atoms with Crippen LogP contribution in [0.15, 0.2) is 160 Å². The molecule has 1 fully saturated rings. The molecule has 1 heterocycles. The number of rotatable bonds is 4. The molecule has 9 heteroatoms. The molecule has 60 heavy (non-hydrogen) atoms. The van der Waals surface area contributed by atoms with Crippen molar-refractivity contribution in [2.45, 2.75) is 47.5 Å². The summed E-state index contributed by atoms with van der Waals surface area (Å²) in [4.78, 5) is 0. The van der Waals surface area contributed by atoms with E-state index < -0.39 is 0 Å². The number of hydrogen-bond donors (Lipinski definition) is 0. The van der Waals surface area contributed by atoms with Gasteiger partial charge in [-0.1, -0.05) is 126 Å². The van der Waals surface area contributed by atoms with Gasteiger partial charge in [0.15, 0.2) is 0 Å². The van der Waals surface area contributed by atoms with Crippen molar-refractivity contribution in [3.05, 3.63) is 194 Å². The maximum atomic E-state index is 4.94. The monoisotopic (exact) mass is 1250 g/mol. The van der Waals surface area contributed by atoms with Crippen molar-refractivity contribution in [2.24, 2.45) is 0 Å². The zero-order valence-electron chi connectivity index (χ0n) is 34.3. The predicted octanol–water partition coefficient (Wildman–Crippen LogP) is 15.1. The standard InChI is InChI=1S/C34H30.C7H7.C6Br6.C4H8O.BrH.Mg/c1-23-5-13-27(14-6-23)31-21-33(29-17-9-25(3)10-18-29)34(30-19-11-26(4)12-20-30)22-32(31)28-15-7-24(2)8-16-28;1-7-5-3-2-4-6-7;7-1-2(8)4(10)6(12)5(11)3(1)9;1-2-4-5-3-1;;/h5-22H,1-4H3;3-6H,1H3;;1-4H2;1H;/q;-1;;;;+2/p-1. The van der Waals surface area contributed by atoms with Gasteiger partial charge in [0.25, 0.3) is 0 Å². The van der Waals surface area contributed by atoms with E-state index in [4.69, 9.17) is 4.74 Å². The van der Waals surface area contributed by atoms with Gasteiger partial charge in [0.1, 0.15) is 0 Å². The Balaban J connectivity index is 0.000000300. The Labute approximate surface area is 434 Å². The second-order valence-corrected chi connectivity index (χ2v) is 18.9. The summed E-state index contributed by atoms with van der Waals surface area (Å²) in [5, 5.41) is 0. The van der Waals surface area contributed by atoms with Crippen LogP contribution in [0.3, 0.4) is 0 Å². The summed E-state index contributed by atoms with van der Waals surface area (Å²) in [6.45, 7) is 12.6. The van der Waals surface area contributed by atoms with Gasteiger partial charge >= 0.3 is 23.1 Å². The fourth-order valence-electron chi connectivity index (χ4n) is 6.05. The summed E-state index contributed by atoms with van der Waals surface area (Å²) in [5.74, 6) is 0. The average Bonchev–Trinajstić information content (AvgIpc) is 3.84. The van der Waals surface area contributed by atoms with Crippen LogP contribution in [0.4, 0.5) is 0 Å². The molecule has 7 aromatic carbocycles. The molecule has 0 radical (unpaired) electrons. The number of hydrogen-bond acceptors (Lipinski definition) is 1. The van der Waals surface area contributed by atoms with E-state index in [-0.39, 0.29) is 40.0 Å². The molecule has 0 aromatic heterocycles. The molecule has 1 aliphatic heterocycles. The maximum Gasteiger partial charge on any atom is 2.00 e. The normalized spacial score (nSPS) is 11.3. The molecule has 1 nitrogen and oxygen atoms in total. The van der Waals surface area contributed by atoms with E-state index in [1.807, 2.05) is 24.3 Å². The molecular formula is C51H45Br7MgO. The topological polar surface area (TPSA) is 9.23 Å². The predicted molar refractivity (Wildman–Crippen MR) is 276 cm³/mol. The van der Waals surface area contributed by atoms with Crippen LogP contribution in [0.1, 0.15) is 40.7 Å². The zero-order chi connectivity index (χ0) is 41.8. The summed E-state index contributed by atoms with van der Waals surface area (Å²) in [6, 6.07) is 51.1. The molecule has 0 amide bonds. The van der Waals surface area contributed by atoms with E-state index >= 15 is 0 Å². The van der Waals surface area contributed by atoms with E-state index in [0.717, 1.165) is 40.1 Å². The molecule has 0 spiro atoms. The zero-order valence-corrected chi connectivity index (χ0v) is 46.8. The van der Waals surface area contributed by atoms with Crippen LogP contribution in [0, 0.1) is 40.7 Å². The van der Waals surface area contributed by atoms with Crippen molar-refractivity contribution < 1.29 is 21.7 Å². The van der Waals surface area contributed by atoms with Crippen LogP contribution < -0.4 is 17.0 Å². The van der Waals surface area contributed by atoms with Crippen LogP contribution in [-0.2, 0) is 4.74 Å². The quantitative estimate of drug-likeness (QED) is 0.0739. The Hall–Kier alpha value is -1.37. The first-order valence-corrected chi connectivity index (χ1v) is 23.7. The van der Waals surface area contributed by atoms with Gasteiger partial charge < -0.3 is 21.7 Å². The summed E-state index contributed by atoms with van der Waals surface area (Å²) >= 11 is 20.6. The molecule has 0 saturated carbocycles. The van der Waals surface area contributed by atoms with Gasteiger partial charge in [0.2, 0.25) is 0 Å². The van der Waals surface area contributed by atoms with Gasteiger partial charge in [0, 0.05) is 40.1 Å². The molecule has 7 aromatic rings. The summed E-state index contributed by atoms with van der Waals surface area (Å²) in [7, 11) is 0. The van der Waals surface area contributed by atoms with Crippen molar-refractivity contribution in [1.29, 1.82) is 0 Å². The molecule has 0 N–H and O–H groups in total. The van der Waals surface area contributed by atoms with Crippen molar-refractivity contribution in [2.75, 3.05) is 13.2 Å². The third kappa shape index (κ3) is 15.1. The van der Waals surface area contributed by atoms with Crippen LogP contribution in [-0.4, -0.2) is 36.3 Å². The fourth-order valence-corrected chi connectivity index (χ4v) is 10.0. The smallest absolute Gasteiger partial charge is 1.00 e. The van der Waals surface area contributed by atoms with Crippen LogP contribution in [0.5, 0.6) is 0 Å². The first kappa shape index (κ1) is 53.0. The average molecular weight is 1260 g/mol. The SMILES string of the molecule is Brc1c(Br)c(Br)c(Br)c(Br)c1Br.C1CCOC1.Cc1cc[c-]cc1.Cc1ccc(-c2cc(-c3ccc(C)cc3)c(-c3ccc(C)cc3)cc2-c2ccc(C)cc2)cc1.[Br-].[Mg+2]. The second-order valence-electron chi connectivity index (χ2n) is 14.2. The Morgan fingerprint density at radius 3 is 0.750 bits per heavy atom. The van der Waals surface area contributed by atoms with Crippen molar-refractivity contribution in [3.63, 3.8) is 0 Å². The van der Waals surface area contributed by atoms with Crippen molar-refractivity contribution >= 4 is 119 Å². The Bertz CT molecular complexity index is 2060. The summed E-state index contributed by atoms with van der Waals surface area (Å²) in [6.07, 6.45) is 2.56. The Kier molecular flexibility index (Phi) is 23.3. The fraction of sp³-hybridized carbons (Fsp3) is 0.176.